The normalized spacial score (nSPS) is 17.6. The van der Waals surface area contributed by atoms with Gasteiger partial charge < -0.3 is 4.74 Å². The van der Waals surface area contributed by atoms with E-state index in [0.29, 0.717) is 6.61 Å². The molecule has 1 atom stereocenters. The standard InChI is InChI=1S/C17H20N2O/c1-3-20-15-7-5-13(6-8-15)17-18-11-14-10-12(2)4-9-16(14)19-17/h5-8,11-12H,3-4,9-10H2,1-2H3. The molecule has 3 rings (SSSR count). The monoisotopic (exact) mass is 268 g/mol. The van der Waals surface area contributed by atoms with E-state index in [-0.39, 0.29) is 0 Å². The SMILES string of the molecule is CCOc1ccc(-c2ncc3c(n2)CCC(C)C3)cc1. The number of ether oxygens (including phenoxy) is 1. The van der Waals surface area contributed by atoms with Gasteiger partial charge in [0.15, 0.2) is 5.82 Å². The molecule has 2 aromatic rings. The minimum absolute atomic E-state index is 0.687. The predicted octanol–water partition coefficient (Wildman–Crippen LogP) is 3.67. The van der Waals surface area contributed by atoms with Crippen LogP contribution in [0.5, 0.6) is 5.75 Å². The van der Waals surface area contributed by atoms with E-state index in [2.05, 4.69) is 11.9 Å². The van der Waals surface area contributed by atoms with Crippen molar-refractivity contribution in [2.24, 2.45) is 5.92 Å². The lowest BCUT2D eigenvalue weighted by molar-refractivity contribution is 0.340. The Bertz CT molecular complexity index is 592. The highest BCUT2D eigenvalue weighted by Crippen LogP contribution is 2.26. The van der Waals surface area contributed by atoms with Crippen molar-refractivity contribution in [2.75, 3.05) is 6.61 Å². The van der Waals surface area contributed by atoms with Crippen molar-refractivity contribution in [1.29, 1.82) is 0 Å². The van der Waals surface area contributed by atoms with E-state index in [9.17, 15) is 0 Å². The summed E-state index contributed by atoms with van der Waals surface area (Å²) in [6, 6.07) is 8.00. The van der Waals surface area contributed by atoms with Gasteiger partial charge in [0.1, 0.15) is 5.75 Å². The lowest BCUT2D eigenvalue weighted by atomic mass is 9.89. The van der Waals surface area contributed by atoms with Gasteiger partial charge in [-0.05, 0) is 61.9 Å². The second kappa shape index (κ2) is 5.61. The summed E-state index contributed by atoms with van der Waals surface area (Å²) in [7, 11) is 0. The minimum atomic E-state index is 0.687. The molecule has 1 aromatic carbocycles. The molecule has 0 saturated heterocycles. The molecule has 20 heavy (non-hydrogen) atoms. The summed E-state index contributed by atoms with van der Waals surface area (Å²) in [4.78, 5) is 9.26. The van der Waals surface area contributed by atoms with Gasteiger partial charge in [-0.1, -0.05) is 6.92 Å². The molecule has 0 saturated carbocycles. The summed E-state index contributed by atoms with van der Waals surface area (Å²) in [5.41, 5.74) is 3.59. The molecule has 0 N–H and O–H groups in total. The Hall–Kier alpha value is -1.90. The number of nitrogens with zero attached hydrogens (tertiary/aromatic N) is 2. The number of benzene rings is 1. The number of fused-ring (bicyclic) bond motifs is 1. The third kappa shape index (κ3) is 2.67. The predicted molar refractivity (Wildman–Crippen MR) is 79.8 cm³/mol. The molecule has 1 aliphatic carbocycles. The van der Waals surface area contributed by atoms with Crippen LogP contribution in [0.2, 0.25) is 0 Å². The molecule has 0 radical (unpaired) electrons. The van der Waals surface area contributed by atoms with Crippen molar-refractivity contribution in [2.45, 2.75) is 33.1 Å². The highest BCUT2D eigenvalue weighted by molar-refractivity contribution is 5.56. The fourth-order valence-corrected chi connectivity index (χ4v) is 2.70. The van der Waals surface area contributed by atoms with E-state index in [4.69, 9.17) is 9.72 Å². The molecule has 0 spiro atoms. The van der Waals surface area contributed by atoms with Gasteiger partial charge in [-0.2, -0.15) is 0 Å². The first-order chi connectivity index (χ1) is 9.76. The quantitative estimate of drug-likeness (QED) is 0.852. The molecule has 0 amide bonds. The first kappa shape index (κ1) is 13.1. The maximum absolute atomic E-state index is 5.46. The van der Waals surface area contributed by atoms with Crippen molar-refractivity contribution in [3.05, 3.63) is 41.7 Å². The Balaban J connectivity index is 1.87. The number of hydrogen-bond acceptors (Lipinski definition) is 3. The highest BCUT2D eigenvalue weighted by atomic mass is 16.5. The van der Waals surface area contributed by atoms with Crippen LogP contribution in [0.4, 0.5) is 0 Å². The van der Waals surface area contributed by atoms with E-state index >= 15 is 0 Å². The van der Waals surface area contributed by atoms with Gasteiger partial charge in [-0.3, -0.25) is 0 Å². The summed E-state index contributed by atoms with van der Waals surface area (Å²) >= 11 is 0. The van der Waals surface area contributed by atoms with Crippen molar-refractivity contribution < 1.29 is 4.74 Å². The summed E-state index contributed by atoms with van der Waals surface area (Å²) in [6.07, 6.45) is 5.42. The zero-order valence-electron chi connectivity index (χ0n) is 12.1. The number of aryl methyl sites for hydroxylation is 1. The molecule has 0 aliphatic heterocycles. The first-order valence-corrected chi connectivity index (χ1v) is 7.34. The summed E-state index contributed by atoms with van der Waals surface area (Å²) in [6.45, 7) is 4.97. The summed E-state index contributed by atoms with van der Waals surface area (Å²) < 4.78 is 5.46. The second-order valence-corrected chi connectivity index (χ2v) is 5.47. The van der Waals surface area contributed by atoms with Gasteiger partial charge in [-0.15, -0.1) is 0 Å². The molecule has 1 aromatic heterocycles. The van der Waals surface area contributed by atoms with Crippen molar-refractivity contribution in [3.63, 3.8) is 0 Å². The van der Waals surface area contributed by atoms with E-state index in [1.165, 1.54) is 17.7 Å². The Morgan fingerprint density at radius 2 is 2.05 bits per heavy atom. The molecule has 0 fully saturated rings. The minimum Gasteiger partial charge on any atom is -0.494 e. The third-order valence-corrected chi connectivity index (χ3v) is 3.82. The van der Waals surface area contributed by atoms with Gasteiger partial charge in [-0.25, -0.2) is 9.97 Å². The van der Waals surface area contributed by atoms with Crippen molar-refractivity contribution >= 4 is 0 Å². The summed E-state index contributed by atoms with van der Waals surface area (Å²) in [5, 5.41) is 0. The van der Waals surface area contributed by atoms with Crippen LogP contribution in [0, 0.1) is 5.92 Å². The van der Waals surface area contributed by atoms with Crippen LogP contribution in [-0.4, -0.2) is 16.6 Å². The maximum Gasteiger partial charge on any atom is 0.159 e. The van der Waals surface area contributed by atoms with E-state index in [1.807, 2.05) is 37.4 Å². The molecular formula is C17H20N2O. The lowest BCUT2D eigenvalue weighted by Crippen LogP contribution is -2.14. The van der Waals surface area contributed by atoms with Crippen molar-refractivity contribution in [1.82, 2.24) is 9.97 Å². The fraction of sp³-hybridized carbons (Fsp3) is 0.412. The van der Waals surface area contributed by atoms with Gasteiger partial charge in [0.05, 0.1) is 6.61 Å². The van der Waals surface area contributed by atoms with E-state index in [0.717, 1.165) is 35.9 Å². The first-order valence-electron chi connectivity index (χ1n) is 7.34. The molecule has 3 heteroatoms. The van der Waals surface area contributed by atoms with Crippen LogP contribution in [0.3, 0.4) is 0 Å². The van der Waals surface area contributed by atoms with E-state index < -0.39 is 0 Å². The Labute approximate surface area is 120 Å². The smallest absolute Gasteiger partial charge is 0.159 e. The molecule has 1 heterocycles. The molecule has 1 unspecified atom stereocenters. The van der Waals surface area contributed by atoms with Gasteiger partial charge >= 0.3 is 0 Å². The largest absolute Gasteiger partial charge is 0.494 e. The number of rotatable bonds is 3. The Morgan fingerprint density at radius 3 is 2.80 bits per heavy atom. The van der Waals surface area contributed by atoms with Crippen LogP contribution in [-0.2, 0) is 12.8 Å². The highest BCUT2D eigenvalue weighted by Gasteiger charge is 2.17. The number of aromatic nitrogens is 2. The summed E-state index contributed by atoms with van der Waals surface area (Å²) in [5.74, 6) is 2.46. The average molecular weight is 268 g/mol. The topological polar surface area (TPSA) is 35.0 Å². The van der Waals surface area contributed by atoms with Crippen LogP contribution in [0.1, 0.15) is 31.5 Å². The lowest BCUT2D eigenvalue weighted by Gasteiger charge is -2.20. The van der Waals surface area contributed by atoms with Gasteiger partial charge in [0.25, 0.3) is 0 Å². The van der Waals surface area contributed by atoms with Crippen LogP contribution >= 0.6 is 0 Å². The third-order valence-electron chi connectivity index (χ3n) is 3.82. The second-order valence-electron chi connectivity index (χ2n) is 5.47. The Kier molecular flexibility index (Phi) is 3.68. The van der Waals surface area contributed by atoms with E-state index in [1.54, 1.807) is 0 Å². The van der Waals surface area contributed by atoms with Crippen LogP contribution in [0.15, 0.2) is 30.5 Å². The van der Waals surface area contributed by atoms with Crippen LogP contribution in [0.25, 0.3) is 11.4 Å². The van der Waals surface area contributed by atoms with Crippen LogP contribution < -0.4 is 4.74 Å². The van der Waals surface area contributed by atoms with Gasteiger partial charge in [0.2, 0.25) is 0 Å². The zero-order valence-corrected chi connectivity index (χ0v) is 12.1. The molecule has 3 nitrogen and oxygen atoms in total. The van der Waals surface area contributed by atoms with Gasteiger partial charge in [0, 0.05) is 17.5 Å². The number of hydrogen-bond donors (Lipinski definition) is 0. The molecule has 1 aliphatic rings. The fourth-order valence-electron chi connectivity index (χ4n) is 2.70. The molecule has 104 valence electrons. The molecule has 0 bridgehead atoms. The van der Waals surface area contributed by atoms with Crippen molar-refractivity contribution in [3.8, 4) is 17.1 Å². The zero-order chi connectivity index (χ0) is 13.9. The Morgan fingerprint density at radius 1 is 1.25 bits per heavy atom. The molecular weight excluding hydrogens is 248 g/mol. The average Bonchev–Trinajstić information content (AvgIpc) is 2.48. The maximum atomic E-state index is 5.46.